The van der Waals surface area contributed by atoms with Gasteiger partial charge in [-0.05, 0) is 57.8 Å². The van der Waals surface area contributed by atoms with Crippen molar-refractivity contribution in [2.75, 3.05) is 79.1 Å². The number of aliphatic hydroxyl groups is 1. The molecule has 0 saturated carbocycles. The van der Waals surface area contributed by atoms with Crippen molar-refractivity contribution in [3.63, 3.8) is 0 Å². The molecule has 1 rings (SSSR count). The van der Waals surface area contributed by atoms with Gasteiger partial charge in [-0.15, -0.1) is 0 Å². The molecule has 1 aromatic heterocycles. The first-order valence-electron chi connectivity index (χ1n) is 31.5. The van der Waals surface area contributed by atoms with Gasteiger partial charge in [-0.3, -0.25) is 47.9 Å². The number of carbonyl (C=O) groups is 12. The number of aliphatic hydroxyl groups excluding tert-OH is 1. The maximum absolute atomic E-state index is 12.6. The average molecular weight is 1270 g/mol. The normalized spacial score (nSPS) is 12.5. The Morgan fingerprint density at radius 1 is 0.427 bits per heavy atom. The summed E-state index contributed by atoms with van der Waals surface area (Å²) in [5.74, 6) is -9.83. The highest BCUT2D eigenvalue weighted by Crippen LogP contribution is 2.19. The maximum Gasteiger partial charge on any atom is 0.326 e. The number of nitrogens with one attached hydrogen (secondary N) is 6. The van der Waals surface area contributed by atoms with Gasteiger partial charge in [0.05, 0.1) is 51.9 Å². The lowest BCUT2D eigenvalue weighted by molar-refractivity contribution is -0.145. The number of aromatic nitrogens is 2. The SMILES string of the molecule is O=C(O)CCCCCCCCCCCCCCCCC(=O)N[C@@H](CCC(=O)NCCOCCOCC(=O)NCCOCCOCC(=O)C[C@@H](CCC(=O)N[C@@H](CCC(=O)NCCCC[C@H](CCC(=O)CCc1cnc[nH]1)C(=O)CO)C(=O)O)C(=O)O)C(=O)O. The number of Topliss-reactive ketones (excluding diaryl/α,β-unsaturated/α-hetero) is 3. The highest BCUT2D eigenvalue weighted by Gasteiger charge is 2.26. The van der Waals surface area contributed by atoms with Crippen LogP contribution in [0, 0.1) is 11.8 Å². The molecule has 28 heteroatoms. The first-order valence-corrected chi connectivity index (χ1v) is 31.5. The van der Waals surface area contributed by atoms with Crippen LogP contribution in [-0.4, -0.2) is 197 Å². The molecule has 0 bridgehead atoms. The summed E-state index contributed by atoms with van der Waals surface area (Å²) in [6.45, 7) is -0.318. The number of hydrogen-bond donors (Lipinski definition) is 11. The zero-order valence-corrected chi connectivity index (χ0v) is 51.9. The number of aryl methyl sites for hydroxylation is 1. The molecule has 0 saturated heterocycles. The number of carbonyl (C=O) groups excluding carboxylic acids is 8. The molecule has 1 aromatic rings. The fourth-order valence-corrected chi connectivity index (χ4v) is 9.27. The van der Waals surface area contributed by atoms with Gasteiger partial charge in [0.1, 0.15) is 37.7 Å². The molecule has 5 amide bonds. The molecule has 0 aromatic carbocycles. The van der Waals surface area contributed by atoms with Crippen LogP contribution in [0.25, 0.3) is 0 Å². The molecule has 0 aliphatic heterocycles. The van der Waals surface area contributed by atoms with Gasteiger partial charge in [0.15, 0.2) is 11.6 Å². The Morgan fingerprint density at radius 3 is 1.40 bits per heavy atom. The summed E-state index contributed by atoms with van der Waals surface area (Å²) < 4.78 is 21.3. The molecule has 4 atom stereocenters. The molecule has 0 radical (unpaired) electrons. The topological polar surface area (TPSA) is 432 Å². The number of unbranched alkanes of at least 4 members (excludes halogenated alkanes) is 14. The summed E-state index contributed by atoms with van der Waals surface area (Å²) in [6.07, 6.45) is 19.2. The van der Waals surface area contributed by atoms with E-state index < -0.39 is 103 Å². The minimum absolute atomic E-state index is 0.0132. The summed E-state index contributed by atoms with van der Waals surface area (Å²) in [7, 11) is 0. The molecule has 89 heavy (non-hydrogen) atoms. The van der Waals surface area contributed by atoms with Gasteiger partial charge in [0.25, 0.3) is 0 Å². The Kier molecular flexibility index (Phi) is 47.9. The first kappa shape index (κ1) is 80.3. The molecule has 0 spiro atoms. The van der Waals surface area contributed by atoms with Crippen LogP contribution in [0.4, 0.5) is 0 Å². The van der Waals surface area contributed by atoms with Crippen LogP contribution in [0.1, 0.15) is 192 Å². The van der Waals surface area contributed by atoms with E-state index in [9.17, 15) is 78.0 Å². The number of carboxylic acids is 4. The number of amides is 5. The Bertz CT molecular complexity index is 2220. The van der Waals surface area contributed by atoms with Crippen molar-refractivity contribution in [3.8, 4) is 0 Å². The number of ether oxygens (including phenoxy) is 4. The third kappa shape index (κ3) is 47.0. The second-order valence-corrected chi connectivity index (χ2v) is 22.0. The lowest BCUT2D eigenvalue weighted by Crippen LogP contribution is -2.42. The maximum atomic E-state index is 12.6. The number of nitrogens with zero attached hydrogens (tertiary/aromatic N) is 1. The summed E-state index contributed by atoms with van der Waals surface area (Å²) >= 11 is 0. The predicted octanol–water partition coefficient (Wildman–Crippen LogP) is 3.92. The van der Waals surface area contributed by atoms with Crippen molar-refractivity contribution in [1.29, 1.82) is 0 Å². The number of carboxylic acid groups (broad SMARTS) is 4. The van der Waals surface area contributed by atoms with Crippen molar-refractivity contribution in [3.05, 3.63) is 18.2 Å². The molecule has 506 valence electrons. The number of hydrogen-bond acceptors (Lipinski definition) is 18. The summed E-state index contributed by atoms with van der Waals surface area (Å²) in [6, 6.07) is -2.63. The second-order valence-electron chi connectivity index (χ2n) is 22.0. The van der Waals surface area contributed by atoms with E-state index in [1.165, 1.54) is 38.4 Å². The number of aromatic amines is 1. The lowest BCUT2D eigenvalue weighted by Gasteiger charge is -2.16. The third-order valence-corrected chi connectivity index (χ3v) is 14.5. The Hall–Kier alpha value is -6.75. The van der Waals surface area contributed by atoms with Crippen LogP contribution in [0.5, 0.6) is 0 Å². The van der Waals surface area contributed by atoms with Crippen molar-refractivity contribution in [2.45, 2.75) is 205 Å². The number of aliphatic carboxylic acids is 4. The lowest BCUT2D eigenvalue weighted by atomic mass is 9.91. The third-order valence-electron chi connectivity index (χ3n) is 14.5. The van der Waals surface area contributed by atoms with Crippen LogP contribution < -0.4 is 26.6 Å². The second kappa shape index (κ2) is 53.1. The highest BCUT2D eigenvalue weighted by molar-refractivity contribution is 5.87. The Labute approximate surface area is 521 Å². The highest BCUT2D eigenvalue weighted by atomic mass is 16.5. The van der Waals surface area contributed by atoms with Crippen LogP contribution in [0.3, 0.4) is 0 Å². The summed E-state index contributed by atoms with van der Waals surface area (Å²) in [4.78, 5) is 152. The van der Waals surface area contributed by atoms with Crippen LogP contribution in [0.15, 0.2) is 12.5 Å². The predicted molar refractivity (Wildman–Crippen MR) is 322 cm³/mol. The average Bonchev–Trinajstić information content (AvgIpc) is 4.09. The van der Waals surface area contributed by atoms with E-state index in [0.29, 0.717) is 44.9 Å². The Morgan fingerprint density at radius 2 is 0.899 bits per heavy atom. The van der Waals surface area contributed by atoms with E-state index >= 15 is 0 Å². The van der Waals surface area contributed by atoms with Crippen molar-refractivity contribution in [1.82, 2.24) is 36.6 Å². The van der Waals surface area contributed by atoms with Gasteiger partial charge < -0.3 is 76.0 Å². The van der Waals surface area contributed by atoms with E-state index in [4.69, 9.17) is 24.1 Å². The van der Waals surface area contributed by atoms with E-state index in [1.807, 2.05) is 0 Å². The molecule has 0 aliphatic carbocycles. The molecular weight excluding hydrogens is 1170 g/mol. The zero-order chi connectivity index (χ0) is 65.7. The van der Waals surface area contributed by atoms with E-state index in [-0.39, 0.29) is 135 Å². The van der Waals surface area contributed by atoms with Crippen LogP contribution in [0.2, 0.25) is 0 Å². The van der Waals surface area contributed by atoms with Crippen molar-refractivity contribution in [2.24, 2.45) is 11.8 Å². The number of rotatable bonds is 62. The molecule has 1 heterocycles. The van der Waals surface area contributed by atoms with Gasteiger partial charge in [-0.2, -0.15) is 0 Å². The van der Waals surface area contributed by atoms with Gasteiger partial charge >= 0.3 is 23.9 Å². The minimum atomic E-state index is -1.44. The van der Waals surface area contributed by atoms with Gasteiger partial charge in [-0.25, -0.2) is 14.6 Å². The van der Waals surface area contributed by atoms with Crippen molar-refractivity contribution >= 4 is 70.8 Å². The minimum Gasteiger partial charge on any atom is -0.481 e. The fourth-order valence-electron chi connectivity index (χ4n) is 9.27. The number of ketones is 3. The molecule has 11 N–H and O–H groups in total. The zero-order valence-electron chi connectivity index (χ0n) is 51.9. The standard InChI is InChI=1S/C61H101N7O21/c69-41-52(72)45(20-23-48(70)24-22-47-40-62-44-66-47)17-15-16-30-63-53(73)28-25-51(61(84)85)68-56(76)27-21-46(59(80)81)39-49(71)42-88-37-35-87-34-32-65-57(77)43-89-38-36-86-33-31-64-54(74)29-26-50(60(82)83)67-55(75)18-13-11-9-7-5-3-1-2-4-6-8-10-12-14-19-58(78)79/h40,44-46,50-51,69H,1-39,41-43H2,(H,62,66)(H,63,73)(H,64,74)(H,65,77)(H,67,75)(H,68,76)(H,78,79)(H,80,81)(H,82,83)(H,84,85)/t45-,46-,50+,51+/m1/s1. The summed E-state index contributed by atoms with van der Waals surface area (Å²) in [5.41, 5.74) is 0.828. The smallest absolute Gasteiger partial charge is 0.326 e. The quantitative estimate of drug-likeness (QED) is 0.0412. The molecule has 0 unspecified atom stereocenters. The number of imidazole rings is 1. The van der Waals surface area contributed by atoms with E-state index in [1.54, 1.807) is 6.20 Å². The van der Waals surface area contributed by atoms with E-state index in [0.717, 1.165) is 57.1 Å². The monoisotopic (exact) mass is 1270 g/mol. The molecular formula is C61H101N7O21. The fraction of sp³-hybridized carbons (Fsp3) is 0.754. The van der Waals surface area contributed by atoms with Crippen molar-refractivity contribution < 1.29 is 102 Å². The van der Waals surface area contributed by atoms with Gasteiger partial charge in [-0.1, -0.05) is 83.5 Å². The van der Waals surface area contributed by atoms with Crippen LogP contribution in [-0.2, 0) is 82.9 Å². The van der Waals surface area contributed by atoms with E-state index in [2.05, 4.69) is 36.6 Å². The molecule has 0 fully saturated rings. The molecule has 0 aliphatic rings. The van der Waals surface area contributed by atoms with Gasteiger partial charge in [0.2, 0.25) is 29.5 Å². The largest absolute Gasteiger partial charge is 0.481 e. The van der Waals surface area contributed by atoms with Gasteiger partial charge in [0, 0.05) is 88.8 Å². The number of H-pyrrole nitrogens is 1. The summed E-state index contributed by atoms with van der Waals surface area (Å²) in [5, 5.41) is 59.6. The molecule has 28 nitrogen and oxygen atoms in total. The Balaban J connectivity index is 2.09. The van der Waals surface area contributed by atoms with Crippen LogP contribution >= 0.6 is 0 Å². The first-order chi connectivity index (χ1) is 42.8.